The molecule has 0 bridgehead atoms. The Balaban J connectivity index is 1.62. The van der Waals surface area contributed by atoms with E-state index in [0.29, 0.717) is 75.2 Å². The number of para-hydroxylation sites is 2. The number of carbonyl (C=O) groups excluding carboxylic acids is 2. The van der Waals surface area contributed by atoms with Crippen molar-refractivity contribution >= 4 is 11.8 Å². The number of benzene rings is 4. The average molecular weight is 597 g/mol. The number of nitrogens with zero attached hydrogens (tertiary/aromatic N) is 2. The Morgan fingerprint density at radius 1 is 0.500 bits per heavy atom. The third kappa shape index (κ3) is 9.42. The average Bonchev–Trinajstić information content (AvgIpc) is 3.07. The molecule has 4 aromatic carbocycles. The van der Waals surface area contributed by atoms with Crippen molar-refractivity contribution in [2.24, 2.45) is 0 Å². The molecule has 2 amide bonds. The van der Waals surface area contributed by atoms with E-state index in [-0.39, 0.29) is 11.8 Å². The summed E-state index contributed by atoms with van der Waals surface area (Å²) in [6.45, 7) is 2.80. The van der Waals surface area contributed by atoms with Gasteiger partial charge in [-0.25, -0.2) is 0 Å². The second-order valence-electron chi connectivity index (χ2n) is 10.1. The van der Waals surface area contributed by atoms with Gasteiger partial charge < -0.3 is 28.7 Å². The second kappa shape index (κ2) is 17.5. The van der Waals surface area contributed by atoms with E-state index < -0.39 is 0 Å². The highest BCUT2D eigenvalue weighted by atomic mass is 16.5. The van der Waals surface area contributed by atoms with Crippen LogP contribution >= 0.6 is 0 Å². The minimum Gasteiger partial charge on any atom is -0.490 e. The fourth-order valence-corrected chi connectivity index (χ4v) is 4.70. The van der Waals surface area contributed by atoms with Crippen molar-refractivity contribution in [3.05, 3.63) is 131 Å². The second-order valence-corrected chi connectivity index (χ2v) is 10.1. The van der Waals surface area contributed by atoms with E-state index in [9.17, 15) is 9.59 Å². The molecule has 4 aromatic rings. The third-order valence-electron chi connectivity index (χ3n) is 6.97. The largest absolute Gasteiger partial charge is 0.490 e. The molecule has 0 aliphatic heterocycles. The van der Waals surface area contributed by atoms with Gasteiger partial charge in [0.15, 0.2) is 0 Å². The Morgan fingerprint density at radius 2 is 0.864 bits per heavy atom. The van der Waals surface area contributed by atoms with Gasteiger partial charge in [-0.1, -0.05) is 84.9 Å². The molecule has 0 saturated carbocycles. The molecule has 0 heterocycles. The van der Waals surface area contributed by atoms with Gasteiger partial charge in [0.25, 0.3) is 11.8 Å². The van der Waals surface area contributed by atoms with Gasteiger partial charge in [0.2, 0.25) is 0 Å². The lowest BCUT2D eigenvalue weighted by Gasteiger charge is -2.29. The fraction of sp³-hybridized carbons (Fsp3) is 0.278. The Hall–Kier alpha value is -4.66. The zero-order valence-corrected chi connectivity index (χ0v) is 25.4. The van der Waals surface area contributed by atoms with Crippen LogP contribution in [-0.4, -0.2) is 75.4 Å². The van der Waals surface area contributed by atoms with E-state index in [0.717, 1.165) is 11.1 Å². The summed E-state index contributed by atoms with van der Waals surface area (Å²) >= 11 is 0. The van der Waals surface area contributed by atoms with Crippen LogP contribution in [0, 0.1) is 0 Å². The maximum Gasteiger partial charge on any atom is 0.257 e. The minimum absolute atomic E-state index is 0.183. The van der Waals surface area contributed by atoms with E-state index in [1.165, 1.54) is 0 Å². The number of carbonyl (C=O) groups is 2. The normalized spacial score (nSPS) is 10.7. The molecule has 44 heavy (non-hydrogen) atoms. The smallest absolute Gasteiger partial charge is 0.257 e. The standard InChI is InChI=1S/C36H40N2O6/c1-41-23-25-43-33-19-11-9-17-31(33)35(39)37(27-29-13-5-3-6-14-29)21-22-38(28-30-15-7-4-8-16-30)36(40)32-18-10-12-20-34(32)44-26-24-42-2/h3-20H,21-28H2,1-2H3. The summed E-state index contributed by atoms with van der Waals surface area (Å²) in [6.07, 6.45) is 0. The number of amides is 2. The lowest BCUT2D eigenvalue weighted by molar-refractivity contribution is 0.0637. The van der Waals surface area contributed by atoms with Crippen molar-refractivity contribution in [1.82, 2.24) is 9.80 Å². The summed E-state index contributed by atoms with van der Waals surface area (Å²) in [4.78, 5) is 31.7. The lowest BCUT2D eigenvalue weighted by Crippen LogP contribution is -2.41. The summed E-state index contributed by atoms with van der Waals surface area (Å²) in [5, 5.41) is 0. The van der Waals surface area contributed by atoms with Gasteiger partial charge in [0.1, 0.15) is 24.7 Å². The molecule has 0 unspecified atom stereocenters. The quantitative estimate of drug-likeness (QED) is 0.145. The van der Waals surface area contributed by atoms with Crippen molar-refractivity contribution < 1.29 is 28.5 Å². The van der Waals surface area contributed by atoms with Crippen LogP contribution in [0.2, 0.25) is 0 Å². The van der Waals surface area contributed by atoms with Crippen molar-refractivity contribution in [3.63, 3.8) is 0 Å². The van der Waals surface area contributed by atoms with Crippen LogP contribution in [0.1, 0.15) is 31.8 Å². The predicted octanol–water partition coefficient (Wildman–Crippen LogP) is 5.72. The highest BCUT2D eigenvalue weighted by Crippen LogP contribution is 2.23. The predicted molar refractivity (Wildman–Crippen MR) is 170 cm³/mol. The Labute approximate surface area is 259 Å². The van der Waals surface area contributed by atoms with Gasteiger partial charge >= 0.3 is 0 Å². The zero-order valence-electron chi connectivity index (χ0n) is 25.4. The number of hydrogen-bond donors (Lipinski definition) is 0. The molecule has 0 atom stereocenters. The van der Waals surface area contributed by atoms with Crippen molar-refractivity contribution in [3.8, 4) is 11.5 Å². The first-order valence-corrected chi connectivity index (χ1v) is 14.7. The number of hydrogen-bond acceptors (Lipinski definition) is 6. The van der Waals surface area contributed by atoms with Gasteiger partial charge in [-0.2, -0.15) is 0 Å². The molecular weight excluding hydrogens is 556 g/mol. The molecule has 0 aliphatic rings. The third-order valence-corrected chi connectivity index (χ3v) is 6.97. The lowest BCUT2D eigenvalue weighted by atomic mass is 10.1. The van der Waals surface area contributed by atoms with Crippen LogP contribution in [0.25, 0.3) is 0 Å². The van der Waals surface area contributed by atoms with E-state index in [2.05, 4.69) is 0 Å². The van der Waals surface area contributed by atoms with E-state index in [4.69, 9.17) is 18.9 Å². The first-order valence-electron chi connectivity index (χ1n) is 14.7. The molecular formula is C36H40N2O6. The molecule has 4 rings (SSSR count). The van der Waals surface area contributed by atoms with Crippen LogP contribution in [0.4, 0.5) is 0 Å². The molecule has 0 saturated heterocycles. The fourth-order valence-electron chi connectivity index (χ4n) is 4.70. The highest BCUT2D eigenvalue weighted by Gasteiger charge is 2.24. The molecule has 0 spiro atoms. The van der Waals surface area contributed by atoms with E-state index in [1.807, 2.05) is 84.9 Å². The monoisotopic (exact) mass is 596 g/mol. The van der Waals surface area contributed by atoms with Crippen LogP contribution in [0.15, 0.2) is 109 Å². The first kappa shape index (κ1) is 32.3. The SMILES string of the molecule is COCCOc1ccccc1C(=O)N(CCN(Cc1ccccc1)C(=O)c1ccccc1OCCOC)Cc1ccccc1. The zero-order chi connectivity index (χ0) is 31.0. The molecule has 0 aromatic heterocycles. The Morgan fingerprint density at radius 3 is 1.25 bits per heavy atom. The van der Waals surface area contributed by atoms with Crippen LogP contribution < -0.4 is 9.47 Å². The molecule has 0 aliphatic carbocycles. The topological polar surface area (TPSA) is 77.5 Å². The van der Waals surface area contributed by atoms with Gasteiger partial charge in [0, 0.05) is 40.4 Å². The molecule has 8 nitrogen and oxygen atoms in total. The summed E-state index contributed by atoms with van der Waals surface area (Å²) < 4.78 is 22.0. The first-order chi connectivity index (χ1) is 21.6. The van der Waals surface area contributed by atoms with Gasteiger partial charge in [-0.05, 0) is 35.4 Å². The summed E-state index contributed by atoms with van der Waals surface area (Å²) in [5.74, 6) is 0.619. The molecule has 230 valence electrons. The summed E-state index contributed by atoms with van der Waals surface area (Å²) in [6, 6.07) is 34.1. The van der Waals surface area contributed by atoms with Gasteiger partial charge in [-0.15, -0.1) is 0 Å². The van der Waals surface area contributed by atoms with Crippen LogP contribution in [-0.2, 0) is 22.6 Å². The number of rotatable bonds is 17. The van der Waals surface area contributed by atoms with Crippen molar-refractivity contribution in [2.45, 2.75) is 13.1 Å². The molecule has 0 N–H and O–H groups in total. The van der Waals surface area contributed by atoms with Crippen molar-refractivity contribution in [2.75, 3.05) is 53.7 Å². The molecule has 0 radical (unpaired) electrons. The highest BCUT2D eigenvalue weighted by molar-refractivity contribution is 5.98. The van der Waals surface area contributed by atoms with Gasteiger partial charge in [0.05, 0.1) is 24.3 Å². The number of ether oxygens (including phenoxy) is 4. The van der Waals surface area contributed by atoms with Crippen LogP contribution in [0.3, 0.4) is 0 Å². The summed E-state index contributed by atoms with van der Waals surface area (Å²) in [7, 11) is 3.21. The maximum absolute atomic E-state index is 14.1. The minimum atomic E-state index is -0.183. The Kier molecular flexibility index (Phi) is 12.8. The maximum atomic E-state index is 14.1. The summed E-state index contributed by atoms with van der Waals surface area (Å²) in [5.41, 5.74) is 2.88. The van der Waals surface area contributed by atoms with Crippen LogP contribution in [0.5, 0.6) is 11.5 Å². The van der Waals surface area contributed by atoms with E-state index >= 15 is 0 Å². The Bertz CT molecular complexity index is 1340. The van der Waals surface area contributed by atoms with Gasteiger partial charge in [-0.3, -0.25) is 9.59 Å². The van der Waals surface area contributed by atoms with Crippen molar-refractivity contribution in [1.29, 1.82) is 0 Å². The van der Waals surface area contributed by atoms with E-state index in [1.54, 1.807) is 48.3 Å². The number of methoxy groups -OCH3 is 2. The molecule has 0 fully saturated rings. The molecule has 8 heteroatoms.